The van der Waals surface area contributed by atoms with Crippen molar-refractivity contribution in [2.45, 2.75) is 87.9 Å². The van der Waals surface area contributed by atoms with Crippen LogP contribution in [0.1, 0.15) is 51.4 Å². The molecule has 0 heterocycles. The van der Waals surface area contributed by atoms with Gasteiger partial charge in [-0.15, -0.1) is 0 Å². The summed E-state index contributed by atoms with van der Waals surface area (Å²) in [7, 11) is 0. The number of nitrogens with one attached hydrogen (secondary N) is 2. The van der Waals surface area contributed by atoms with E-state index in [-0.39, 0.29) is 0 Å². The first kappa shape index (κ1) is 24.5. The van der Waals surface area contributed by atoms with Gasteiger partial charge in [0.2, 0.25) is 0 Å². The molecule has 0 radical (unpaired) electrons. The summed E-state index contributed by atoms with van der Waals surface area (Å²) in [5.74, 6) is -5.51. The molecule has 0 aromatic rings. The Bertz CT molecular complexity index is 464. The molecule has 0 aliphatic heterocycles. The molecule has 3 saturated carbocycles. The van der Waals surface area contributed by atoms with E-state index in [1.54, 1.807) is 0 Å². The number of aliphatic carboxylic acids is 2. The largest absolute Gasteiger partial charge is 0.490 e. The molecule has 3 aliphatic rings. The lowest BCUT2D eigenvalue weighted by Gasteiger charge is -2.30. The fraction of sp³-hybridized carbons (Fsp3) is 0.875. The Morgan fingerprint density at radius 3 is 0.821 bits per heavy atom. The van der Waals surface area contributed by atoms with E-state index in [1.807, 2.05) is 0 Å². The fourth-order valence-electron chi connectivity index (χ4n) is 2.59. The Morgan fingerprint density at radius 1 is 0.571 bits per heavy atom. The van der Waals surface area contributed by atoms with Crippen LogP contribution in [0.2, 0.25) is 0 Å². The highest BCUT2D eigenvalue weighted by atomic mass is 19.4. The third-order valence-electron chi connectivity index (χ3n) is 4.31. The van der Waals surface area contributed by atoms with E-state index in [4.69, 9.17) is 19.8 Å². The molecular formula is C16H24F6N2O4. The number of carboxylic acids is 2. The first-order valence-corrected chi connectivity index (χ1v) is 8.91. The highest BCUT2D eigenvalue weighted by Gasteiger charge is 2.39. The van der Waals surface area contributed by atoms with Gasteiger partial charge in [-0.05, 0) is 51.4 Å². The number of carboxylic acid groups (broad SMARTS) is 2. The van der Waals surface area contributed by atoms with Crippen molar-refractivity contribution in [3.05, 3.63) is 0 Å². The molecule has 4 N–H and O–H groups in total. The van der Waals surface area contributed by atoms with Crippen LogP contribution in [0.3, 0.4) is 0 Å². The maximum Gasteiger partial charge on any atom is 0.490 e. The van der Waals surface area contributed by atoms with Gasteiger partial charge < -0.3 is 20.8 Å². The van der Waals surface area contributed by atoms with E-state index >= 15 is 0 Å². The second kappa shape index (κ2) is 10.3. The van der Waals surface area contributed by atoms with Crippen LogP contribution in [-0.4, -0.2) is 58.7 Å². The lowest BCUT2D eigenvalue weighted by molar-refractivity contribution is -0.193. The number of alkyl halides is 6. The quantitative estimate of drug-likeness (QED) is 0.520. The summed E-state index contributed by atoms with van der Waals surface area (Å²) in [6, 6.07) is 3.49. The Labute approximate surface area is 157 Å². The highest BCUT2D eigenvalue weighted by molar-refractivity contribution is 5.73. The zero-order chi connectivity index (χ0) is 21.5. The number of hydrogen-bond donors (Lipinski definition) is 4. The Balaban J connectivity index is 0.000000240. The topological polar surface area (TPSA) is 98.7 Å². The predicted molar refractivity (Wildman–Crippen MR) is 85.7 cm³/mol. The van der Waals surface area contributed by atoms with Gasteiger partial charge in [0.25, 0.3) is 0 Å². The van der Waals surface area contributed by atoms with Crippen LogP contribution in [0.15, 0.2) is 0 Å². The van der Waals surface area contributed by atoms with Crippen LogP contribution in [0.4, 0.5) is 26.3 Å². The van der Waals surface area contributed by atoms with Crippen molar-refractivity contribution in [2.75, 3.05) is 0 Å². The zero-order valence-corrected chi connectivity index (χ0v) is 14.9. The van der Waals surface area contributed by atoms with Crippen LogP contribution in [-0.2, 0) is 9.59 Å². The van der Waals surface area contributed by atoms with Crippen molar-refractivity contribution in [1.82, 2.24) is 10.6 Å². The average molecular weight is 422 g/mol. The summed E-state index contributed by atoms with van der Waals surface area (Å²) in [5.41, 5.74) is 0. The lowest BCUT2D eigenvalue weighted by Crippen LogP contribution is -2.41. The second-order valence-corrected chi connectivity index (χ2v) is 7.04. The van der Waals surface area contributed by atoms with Gasteiger partial charge in [0, 0.05) is 24.2 Å². The standard InChI is InChI=1S/C12H22N2.2C2HF3O2/c1-2-10(14-12-7-8-12)4-3-9(1)13-11-5-6-11;2*3-2(4,5)1(6)7/h9-14H,1-8H2;2*(H,6,7). The number of carbonyl (C=O) groups is 2. The van der Waals surface area contributed by atoms with E-state index in [0.717, 1.165) is 24.2 Å². The number of rotatable bonds is 4. The first-order valence-electron chi connectivity index (χ1n) is 8.91. The summed E-state index contributed by atoms with van der Waals surface area (Å²) in [5, 5.41) is 21.8. The van der Waals surface area contributed by atoms with E-state index in [9.17, 15) is 26.3 Å². The highest BCUT2D eigenvalue weighted by Crippen LogP contribution is 2.27. The molecule has 0 amide bonds. The van der Waals surface area contributed by atoms with Crippen molar-refractivity contribution in [3.63, 3.8) is 0 Å². The van der Waals surface area contributed by atoms with E-state index in [2.05, 4.69) is 10.6 Å². The van der Waals surface area contributed by atoms with Crippen LogP contribution in [0.5, 0.6) is 0 Å². The van der Waals surface area contributed by atoms with E-state index < -0.39 is 24.3 Å². The molecule has 0 aromatic carbocycles. The molecule has 164 valence electrons. The van der Waals surface area contributed by atoms with E-state index in [1.165, 1.54) is 51.4 Å². The molecule has 0 saturated heterocycles. The van der Waals surface area contributed by atoms with Gasteiger partial charge >= 0.3 is 24.3 Å². The smallest absolute Gasteiger partial charge is 0.475 e. The van der Waals surface area contributed by atoms with Crippen LogP contribution >= 0.6 is 0 Å². The molecule has 0 spiro atoms. The molecule has 0 unspecified atom stereocenters. The molecule has 12 heteroatoms. The fourth-order valence-corrected chi connectivity index (χ4v) is 2.59. The third-order valence-corrected chi connectivity index (χ3v) is 4.31. The Morgan fingerprint density at radius 2 is 0.714 bits per heavy atom. The summed E-state index contributed by atoms with van der Waals surface area (Å²) in [4.78, 5) is 17.8. The van der Waals surface area contributed by atoms with Gasteiger partial charge in [0.1, 0.15) is 0 Å². The summed E-state index contributed by atoms with van der Waals surface area (Å²) >= 11 is 0. The third kappa shape index (κ3) is 11.3. The molecule has 0 aromatic heterocycles. The Hall–Kier alpha value is -1.56. The summed E-state index contributed by atoms with van der Waals surface area (Å²) in [6.45, 7) is 0. The first-order chi connectivity index (χ1) is 12.8. The molecule has 0 atom stereocenters. The van der Waals surface area contributed by atoms with Gasteiger partial charge in [0.15, 0.2) is 0 Å². The van der Waals surface area contributed by atoms with E-state index in [0.29, 0.717) is 0 Å². The second-order valence-electron chi connectivity index (χ2n) is 7.04. The zero-order valence-electron chi connectivity index (χ0n) is 14.9. The van der Waals surface area contributed by atoms with Crippen LogP contribution in [0.25, 0.3) is 0 Å². The average Bonchev–Trinajstić information content (AvgIpc) is 3.45. The molecule has 6 nitrogen and oxygen atoms in total. The predicted octanol–water partition coefficient (Wildman–Crippen LogP) is 3.07. The van der Waals surface area contributed by atoms with Gasteiger partial charge in [-0.1, -0.05) is 0 Å². The number of halogens is 6. The lowest BCUT2D eigenvalue weighted by atomic mass is 9.91. The van der Waals surface area contributed by atoms with Crippen molar-refractivity contribution in [3.8, 4) is 0 Å². The van der Waals surface area contributed by atoms with Crippen molar-refractivity contribution < 1.29 is 46.1 Å². The molecular weight excluding hydrogens is 398 g/mol. The SMILES string of the molecule is C1CC1NC1CCC(NC2CC2)CC1.O=C(O)C(F)(F)F.O=C(O)C(F)(F)F. The van der Waals surface area contributed by atoms with Gasteiger partial charge in [-0.25, -0.2) is 9.59 Å². The summed E-state index contributed by atoms with van der Waals surface area (Å²) < 4.78 is 63.5. The molecule has 28 heavy (non-hydrogen) atoms. The maximum atomic E-state index is 10.6. The van der Waals surface area contributed by atoms with Crippen molar-refractivity contribution in [1.29, 1.82) is 0 Å². The van der Waals surface area contributed by atoms with Gasteiger partial charge in [-0.3, -0.25) is 0 Å². The van der Waals surface area contributed by atoms with Gasteiger partial charge in [0.05, 0.1) is 0 Å². The van der Waals surface area contributed by atoms with Crippen LogP contribution in [0, 0.1) is 0 Å². The number of hydrogen-bond acceptors (Lipinski definition) is 4. The minimum atomic E-state index is -5.08. The molecule has 3 aliphatic carbocycles. The summed E-state index contributed by atoms with van der Waals surface area (Å²) in [6.07, 6.45) is 1.17. The van der Waals surface area contributed by atoms with Crippen molar-refractivity contribution >= 4 is 11.9 Å². The van der Waals surface area contributed by atoms with Gasteiger partial charge in [-0.2, -0.15) is 26.3 Å². The molecule has 3 fully saturated rings. The maximum absolute atomic E-state index is 10.6. The van der Waals surface area contributed by atoms with Crippen molar-refractivity contribution in [2.24, 2.45) is 0 Å². The minimum Gasteiger partial charge on any atom is -0.475 e. The van der Waals surface area contributed by atoms with Crippen LogP contribution < -0.4 is 10.6 Å². The Kier molecular flexibility index (Phi) is 8.99. The normalized spacial score (nSPS) is 24.9. The monoisotopic (exact) mass is 422 g/mol. The molecule has 3 rings (SSSR count). The minimum absolute atomic E-state index is 0.847. The molecule has 0 bridgehead atoms.